The summed E-state index contributed by atoms with van der Waals surface area (Å²) in [6.45, 7) is 1.57. The third kappa shape index (κ3) is 2.34. The zero-order valence-electron chi connectivity index (χ0n) is 8.97. The Labute approximate surface area is 101 Å². The van der Waals surface area contributed by atoms with Crippen LogP contribution in [0.15, 0.2) is 53.4 Å². The van der Waals surface area contributed by atoms with E-state index in [1.165, 1.54) is 0 Å². The first-order valence-corrected chi connectivity index (χ1v) is 5.52. The van der Waals surface area contributed by atoms with Crippen LogP contribution in [0.25, 0.3) is 11.1 Å². The molecule has 0 aromatic heterocycles. The van der Waals surface area contributed by atoms with Crippen LogP contribution in [0, 0.1) is 0 Å². The zero-order valence-corrected chi connectivity index (χ0v) is 9.87. The van der Waals surface area contributed by atoms with Gasteiger partial charge >= 0.3 is 0 Å². The minimum Gasteiger partial charge on any atom is -0.295 e. The molecule has 0 aliphatic rings. The van der Waals surface area contributed by atoms with Crippen molar-refractivity contribution in [1.29, 1.82) is 0 Å². The third-order valence-corrected chi connectivity index (χ3v) is 2.75. The summed E-state index contributed by atoms with van der Waals surface area (Å²) in [4.78, 5) is 12.1. The van der Waals surface area contributed by atoms with Crippen molar-refractivity contribution >= 4 is 18.4 Å². The first-order chi connectivity index (χ1) is 7.66. The Balaban J connectivity index is 2.38. The van der Waals surface area contributed by atoms with Gasteiger partial charge in [-0.3, -0.25) is 4.79 Å². The number of Topliss-reactive ketones (excluding diaryl/α,β-unsaturated/α-hetero) is 1. The second kappa shape index (κ2) is 4.54. The molecule has 0 radical (unpaired) electrons. The van der Waals surface area contributed by atoms with E-state index in [1.54, 1.807) is 6.92 Å². The van der Waals surface area contributed by atoms with Crippen molar-refractivity contribution in [2.24, 2.45) is 0 Å². The fourth-order valence-corrected chi connectivity index (χ4v) is 1.81. The van der Waals surface area contributed by atoms with Crippen LogP contribution in [-0.2, 0) is 0 Å². The van der Waals surface area contributed by atoms with Gasteiger partial charge in [-0.2, -0.15) is 0 Å². The summed E-state index contributed by atoms with van der Waals surface area (Å²) in [6, 6.07) is 15.6. The topological polar surface area (TPSA) is 17.1 Å². The van der Waals surface area contributed by atoms with E-state index < -0.39 is 0 Å². The van der Waals surface area contributed by atoms with Crippen LogP contribution in [0.2, 0.25) is 0 Å². The van der Waals surface area contributed by atoms with Gasteiger partial charge in [0, 0.05) is 10.5 Å². The standard InChI is InChI=1S/C14H12OS/c1-10(15)11-5-7-12(8-6-11)13-3-2-4-14(16)9-13/h2-9,16H,1H3. The van der Waals surface area contributed by atoms with Crippen molar-refractivity contribution < 1.29 is 4.79 Å². The van der Waals surface area contributed by atoms with Gasteiger partial charge in [0.15, 0.2) is 5.78 Å². The Bertz CT molecular complexity index is 515. The highest BCUT2D eigenvalue weighted by Gasteiger charge is 2.01. The minimum atomic E-state index is 0.0921. The van der Waals surface area contributed by atoms with Crippen LogP contribution >= 0.6 is 12.6 Å². The minimum absolute atomic E-state index is 0.0921. The number of rotatable bonds is 2. The van der Waals surface area contributed by atoms with Gasteiger partial charge in [0.2, 0.25) is 0 Å². The van der Waals surface area contributed by atoms with E-state index in [4.69, 9.17) is 0 Å². The summed E-state index contributed by atoms with van der Waals surface area (Å²) in [5.41, 5.74) is 2.95. The van der Waals surface area contributed by atoms with Gasteiger partial charge in [0.1, 0.15) is 0 Å². The first-order valence-electron chi connectivity index (χ1n) is 5.07. The van der Waals surface area contributed by atoms with Crippen LogP contribution in [0.1, 0.15) is 17.3 Å². The molecule has 0 spiro atoms. The molecule has 0 aliphatic carbocycles. The van der Waals surface area contributed by atoms with E-state index >= 15 is 0 Å². The Morgan fingerprint density at radius 2 is 1.69 bits per heavy atom. The lowest BCUT2D eigenvalue weighted by molar-refractivity contribution is 0.101. The molecule has 0 saturated carbocycles. The van der Waals surface area contributed by atoms with Crippen molar-refractivity contribution in [1.82, 2.24) is 0 Å². The number of carbonyl (C=O) groups is 1. The molecular formula is C14H12OS. The Kier molecular flexibility index (Phi) is 3.11. The fourth-order valence-electron chi connectivity index (χ4n) is 1.58. The summed E-state index contributed by atoms with van der Waals surface area (Å²) < 4.78 is 0. The normalized spacial score (nSPS) is 10.1. The molecule has 0 saturated heterocycles. The third-order valence-electron chi connectivity index (χ3n) is 2.47. The van der Waals surface area contributed by atoms with Gasteiger partial charge in [-0.25, -0.2) is 0 Å². The van der Waals surface area contributed by atoms with Crippen LogP contribution in [0.3, 0.4) is 0 Å². The SMILES string of the molecule is CC(=O)c1ccc(-c2cccc(S)c2)cc1. The van der Waals surface area contributed by atoms with Crippen molar-refractivity contribution in [2.45, 2.75) is 11.8 Å². The molecule has 0 aliphatic heterocycles. The van der Waals surface area contributed by atoms with E-state index in [0.29, 0.717) is 0 Å². The maximum absolute atomic E-state index is 11.1. The van der Waals surface area contributed by atoms with Crippen molar-refractivity contribution in [2.75, 3.05) is 0 Å². The molecule has 0 fully saturated rings. The van der Waals surface area contributed by atoms with Gasteiger partial charge in [-0.1, -0.05) is 36.4 Å². The van der Waals surface area contributed by atoms with Gasteiger partial charge in [-0.05, 0) is 30.2 Å². The molecule has 0 heterocycles. The van der Waals surface area contributed by atoms with E-state index in [2.05, 4.69) is 12.6 Å². The van der Waals surface area contributed by atoms with Crippen LogP contribution in [0.4, 0.5) is 0 Å². The highest BCUT2D eigenvalue weighted by Crippen LogP contribution is 2.22. The van der Waals surface area contributed by atoms with Gasteiger partial charge in [0.05, 0.1) is 0 Å². The lowest BCUT2D eigenvalue weighted by atomic mass is 10.0. The number of hydrogen-bond donors (Lipinski definition) is 1. The van der Waals surface area contributed by atoms with E-state index in [9.17, 15) is 4.79 Å². The monoisotopic (exact) mass is 228 g/mol. The van der Waals surface area contributed by atoms with Gasteiger partial charge < -0.3 is 0 Å². The summed E-state index contributed by atoms with van der Waals surface area (Å²) in [5.74, 6) is 0.0921. The molecule has 0 unspecified atom stereocenters. The Morgan fingerprint density at radius 1 is 1.00 bits per heavy atom. The summed E-state index contributed by atoms with van der Waals surface area (Å²) in [7, 11) is 0. The predicted molar refractivity (Wildman–Crippen MR) is 69.1 cm³/mol. The van der Waals surface area contributed by atoms with Crippen LogP contribution < -0.4 is 0 Å². The zero-order chi connectivity index (χ0) is 11.5. The maximum Gasteiger partial charge on any atom is 0.159 e. The average molecular weight is 228 g/mol. The molecular weight excluding hydrogens is 216 g/mol. The van der Waals surface area contributed by atoms with E-state index in [0.717, 1.165) is 21.6 Å². The smallest absolute Gasteiger partial charge is 0.159 e. The first kappa shape index (κ1) is 11.0. The number of benzene rings is 2. The highest BCUT2D eigenvalue weighted by molar-refractivity contribution is 7.80. The number of ketones is 1. The maximum atomic E-state index is 11.1. The summed E-state index contributed by atoms with van der Waals surface area (Å²) >= 11 is 4.30. The average Bonchev–Trinajstić information content (AvgIpc) is 2.29. The highest BCUT2D eigenvalue weighted by atomic mass is 32.1. The lowest BCUT2D eigenvalue weighted by Crippen LogP contribution is -1.90. The lowest BCUT2D eigenvalue weighted by Gasteiger charge is -2.03. The Hall–Kier alpha value is -1.54. The second-order valence-corrected chi connectivity index (χ2v) is 4.20. The molecule has 2 aromatic rings. The molecule has 0 N–H and O–H groups in total. The summed E-state index contributed by atoms with van der Waals surface area (Å²) in [6.07, 6.45) is 0. The molecule has 0 bridgehead atoms. The number of carbonyl (C=O) groups excluding carboxylic acids is 1. The molecule has 80 valence electrons. The van der Waals surface area contributed by atoms with Crippen molar-refractivity contribution in [3.8, 4) is 11.1 Å². The quantitative estimate of drug-likeness (QED) is 0.610. The van der Waals surface area contributed by atoms with Gasteiger partial charge in [-0.15, -0.1) is 12.6 Å². The van der Waals surface area contributed by atoms with Crippen LogP contribution in [-0.4, -0.2) is 5.78 Å². The Morgan fingerprint density at radius 3 is 2.25 bits per heavy atom. The fraction of sp³-hybridized carbons (Fsp3) is 0.0714. The molecule has 2 rings (SSSR count). The molecule has 0 atom stereocenters. The molecule has 2 aromatic carbocycles. The second-order valence-electron chi connectivity index (χ2n) is 3.68. The predicted octanol–water partition coefficient (Wildman–Crippen LogP) is 3.84. The van der Waals surface area contributed by atoms with E-state index in [-0.39, 0.29) is 5.78 Å². The molecule has 1 nitrogen and oxygen atoms in total. The molecule has 0 amide bonds. The number of hydrogen-bond acceptors (Lipinski definition) is 2. The van der Waals surface area contributed by atoms with E-state index in [1.807, 2.05) is 48.5 Å². The summed E-state index contributed by atoms with van der Waals surface area (Å²) in [5, 5.41) is 0. The number of thiol groups is 1. The van der Waals surface area contributed by atoms with Gasteiger partial charge in [0.25, 0.3) is 0 Å². The van der Waals surface area contributed by atoms with Crippen molar-refractivity contribution in [3.63, 3.8) is 0 Å². The van der Waals surface area contributed by atoms with Crippen molar-refractivity contribution in [3.05, 3.63) is 54.1 Å². The largest absolute Gasteiger partial charge is 0.295 e. The van der Waals surface area contributed by atoms with Crippen LogP contribution in [0.5, 0.6) is 0 Å². The molecule has 2 heteroatoms. The molecule has 16 heavy (non-hydrogen) atoms.